The molecule has 1 heterocycles. The number of nitrogens with zero attached hydrogens (tertiary/aromatic N) is 2. The normalized spacial score (nSPS) is 21.7. The van der Waals surface area contributed by atoms with Gasteiger partial charge in [-0.3, -0.25) is 4.90 Å². The second-order valence-electron chi connectivity index (χ2n) is 8.08. The van der Waals surface area contributed by atoms with Gasteiger partial charge in [-0.15, -0.1) is 0 Å². The van der Waals surface area contributed by atoms with Crippen LogP contribution in [0.4, 0.5) is 5.69 Å². The quantitative estimate of drug-likeness (QED) is 0.603. The monoisotopic (exact) mass is 371 g/mol. The highest BCUT2D eigenvalue weighted by atomic mass is 32.1. The molecule has 0 aromatic heterocycles. The van der Waals surface area contributed by atoms with Gasteiger partial charge in [0.15, 0.2) is 5.11 Å². The first-order chi connectivity index (χ1) is 12.5. The maximum atomic E-state index is 5.87. The summed E-state index contributed by atoms with van der Waals surface area (Å²) < 4.78 is 0. The van der Waals surface area contributed by atoms with Crippen molar-refractivity contribution in [3.63, 3.8) is 0 Å². The van der Waals surface area contributed by atoms with Gasteiger partial charge < -0.3 is 10.2 Å². The van der Waals surface area contributed by atoms with Crippen molar-refractivity contribution in [1.29, 1.82) is 0 Å². The van der Waals surface area contributed by atoms with E-state index in [-0.39, 0.29) is 0 Å². The fourth-order valence-electron chi connectivity index (χ4n) is 4.00. The third kappa shape index (κ3) is 4.86. The predicted molar refractivity (Wildman–Crippen MR) is 116 cm³/mol. The van der Waals surface area contributed by atoms with Crippen LogP contribution in [0.25, 0.3) is 0 Å². The summed E-state index contributed by atoms with van der Waals surface area (Å²) in [6.07, 6.45) is 8.84. The summed E-state index contributed by atoms with van der Waals surface area (Å²) in [6, 6.07) is 9.74. The average Bonchev–Trinajstić information content (AvgIpc) is 2.77. The van der Waals surface area contributed by atoms with Crippen LogP contribution in [0.15, 0.2) is 35.9 Å². The molecule has 0 unspecified atom stereocenters. The van der Waals surface area contributed by atoms with Crippen molar-refractivity contribution in [2.45, 2.75) is 71.5 Å². The minimum atomic E-state index is 0.448. The van der Waals surface area contributed by atoms with Gasteiger partial charge in [-0.05, 0) is 57.5 Å². The second kappa shape index (κ2) is 9.01. The molecule has 1 saturated carbocycles. The maximum absolute atomic E-state index is 5.87. The van der Waals surface area contributed by atoms with Gasteiger partial charge in [0.1, 0.15) is 0 Å². The van der Waals surface area contributed by atoms with Crippen molar-refractivity contribution in [3.05, 3.63) is 41.5 Å². The lowest BCUT2D eigenvalue weighted by molar-refractivity contribution is 0.233. The standard InChI is InChI=1S/C22H33N3S/c1-17(2)13-14-24-16-19-9-7-8-12-21(19)25(15-18(24)3)22(26)23-20-10-5-4-6-11-20/h7-9,12-13,18,20H,4-6,10-11,14-16H2,1-3H3,(H,23,26)/t18-/m0/s1. The largest absolute Gasteiger partial charge is 0.360 e. The molecular weight excluding hydrogens is 338 g/mol. The highest BCUT2D eigenvalue weighted by Crippen LogP contribution is 2.28. The Labute approximate surface area is 164 Å². The van der Waals surface area contributed by atoms with Crippen molar-refractivity contribution in [3.8, 4) is 0 Å². The Morgan fingerprint density at radius 2 is 1.92 bits per heavy atom. The van der Waals surface area contributed by atoms with E-state index in [0.29, 0.717) is 12.1 Å². The number of benzene rings is 1. The smallest absolute Gasteiger partial charge is 0.173 e. The summed E-state index contributed by atoms with van der Waals surface area (Å²) in [7, 11) is 0. The zero-order valence-corrected chi connectivity index (χ0v) is 17.3. The predicted octanol–water partition coefficient (Wildman–Crippen LogP) is 4.87. The molecule has 26 heavy (non-hydrogen) atoms. The van der Waals surface area contributed by atoms with Crippen LogP contribution in [-0.4, -0.2) is 35.2 Å². The molecular formula is C22H33N3S. The number of para-hydroxylation sites is 1. The van der Waals surface area contributed by atoms with Crippen molar-refractivity contribution in [1.82, 2.24) is 10.2 Å². The van der Waals surface area contributed by atoms with Crippen LogP contribution in [0, 0.1) is 0 Å². The minimum Gasteiger partial charge on any atom is -0.360 e. The number of nitrogens with one attached hydrogen (secondary N) is 1. The molecule has 1 aromatic rings. The first-order valence-electron chi connectivity index (χ1n) is 10.1. The Kier molecular flexibility index (Phi) is 6.71. The molecule has 0 spiro atoms. The Bertz CT molecular complexity index is 645. The summed E-state index contributed by atoms with van der Waals surface area (Å²) in [6.45, 7) is 9.57. The van der Waals surface area contributed by atoms with E-state index in [1.807, 2.05) is 0 Å². The fraction of sp³-hybridized carbons (Fsp3) is 0.591. The van der Waals surface area contributed by atoms with E-state index in [9.17, 15) is 0 Å². The topological polar surface area (TPSA) is 18.5 Å². The van der Waals surface area contributed by atoms with E-state index in [0.717, 1.165) is 24.7 Å². The van der Waals surface area contributed by atoms with Crippen LogP contribution in [0.1, 0.15) is 58.4 Å². The van der Waals surface area contributed by atoms with Crippen molar-refractivity contribution < 1.29 is 0 Å². The van der Waals surface area contributed by atoms with Crippen molar-refractivity contribution in [2.24, 2.45) is 0 Å². The number of hydrogen-bond acceptors (Lipinski definition) is 2. The zero-order chi connectivity index (χ0) is 18.5. The number of rotatable bonds is 3. The van der Waals surface area contributed by atoms with Gasteiger partial charge in [0.2, 0.25) is 0 Å². The Hall–Kier alpha value is -1.39. The molecule has 1 aliphatic heterocycles. The number of fused-ring (bicyclic) bond motifs is 1. The van der Waals surface area contributed by atoms with Crippen LogP contribution < -0.4 is 10.2 Å². The van der Waals surface area contributed by atoms with Gasteiger partial charge in [-0.2, -0.15) is 0 Å². The van der Waals surface area contributed by atoms with Crippen molar-refractivity contribution in [2.75, 3.05) is 18.0 Å². The SMILES string of the molecule is CC(C)=CCN1Cc2ccccc2N(C(=S)NC2CCCCC2)C[C@@H]1C. The molecule has 1 fully saturated rings. The highest BCUT2D eigenvalue weighted by molar-refractivity contribution is 7.80. The number of anilines is 1. The average molecular weight is 372 g/mol. The van der Waals surface area contributed by atoms with Crippen LogP contribution >= 0.6 is 12.2 Å². The lowest BCUT2D eigenvalue weighted by Crippen LogP contribution is -2.49. The molecule has 2 aliphatic rings. The molecule has 3 rings (SSSR count). The summed E-state index contributed by atoms with van der Waals surface area (Å²) in [5.41, 5.74) is 4.01. The lowest BCUT2D eigenvalue weighted by Gasteiger charge is -2.33. The van der Waals surface area contributed by atoms with Gasteiger partial charge >= 0.3 is 0 Å². The van der Waals surface area contributed by atoms with Gasteiger partial charge in [-0.25, -0.2) is 0 Å². The molecule has 1 aromatic carbocycles. The molecule has 4 heteroatoms. The number of hydrogen-bond donors (Lipinski definition) is 1. The van der Waals surface area contributed by atoms with E-state index < -0.39 is 0 Å². The van der Waals surface area contributed by atoms with Crippen molar-refractivity contribution >= 4 is 23.0 Å². The van der Waals surface area contributed by atoms with E-state index >= 15 is 0 Å². The minimum absolute atomic E-state index is 0.448. The Morgan fingerprint density at radius 1 is 1.19 bits per heavy atom. The summed E-state index contributed by atoms with van der Waals surface area (Å²) in [4.78, 5) is 4.89. The summed E-state index contributed by atoms with van der Waals surface area (Å²) >= 11 is 5.87. The summed E-state index contributed by atoms with van der Waals surface area (Å²) in [5.74, 6) is 0. The summed E-state index contributed by atoms with van der Waals surface area (Å²) in [5, 5.41) is 4.57. The van der Waals surface area contributed by atoms with Crippen LogP contribution in [0.5, 0.6) is 0 Å². The molecule has 1 aliphatic carbocycles. The van der Waals surface area contributed by atoms with E-state index in [4.69, 9.17) is 12.2 Å². The molecule has 3 nitrogen and oxygen atoms in total. The fourth-order valence-corrected chi connectivity index (χ4v) is 4.34. The molecule has 0 radical (unpaired) electrons. The van der Waals surface area contributed by atoms with Gasteiger partial charge in [0, 0.05) is 37.4 Å². The van der Waals surface area contributed by atoms with Gasteiger partial charge in [0.25, 0.3) is 0 Å². The van der Waals surface area contributed by atoms with Crippen LogP contribution in [0.2, 0.25) is 0 Å². The Balaban J connectivity index is 1.79. The lowest BCUT2D eigenvalue weighted by atomic mass is 9.96. The van der Waals surface area contributed by atoms with Gasteiger partial charge in [0.05, 0.1) is 0 Å². The molecule has 0 amide bonds. The van der Waals surface area contributed by atoms with E-state index in [2.05, 4.69) is 66.2 Å². The molecule has 1 N–H and O–H groups in total. The Morgan fingerprint density at radius 3 is 2.65 bits per heavy atom. The number of allylic oxidation sites excluding steroid dienone is 1. The number of thiocarbonyl (C=S) groups is 1. The third-order valence-electron chi connectivity index (χ3n) is 5.64. The van der Waals surface area contributed by atoms with Crippen LogP contribution in [-0.2, 0) is 6.54 Å². The molecule has 1 atom stereocenters. The zero-order valence-electron chi connectivity index (χ0n) is 16.5. The second-order valence-corrected chi connectivity index (χ2v) is 8.47. The van der Waals surface area contributed by atoms with E-state index in [1.54, 1.807) is 0 Å². The first kappa shape index (κ1) is 19.4. The van der Waals surface area contributed by atoms with E-state index in [1.165, 1.54) is 48.9 Å². The molecule has 142 valence electrons. The molecule has 0 saturated heterocycles. The highest BCUT2D eigenvalue weighted by Gasteiger charge is 2.27. The maximum Gasteiger partial charge on any atom is 0.173 e. The first-order valence-corrected chi connectivity index (χ1v) is 10.5. The molecule has 0 bridgehead atoms. The van der Waals surface area contributed by atoms with Gasteiger partial charge in [-0.1, -0.05) is 49.1 Å². The van der Waals surface area contributed by atoms with Crippen LogP contribution in [0.3, 0.4) is 0 Å². The third-order valence-corrected chi connectivity index (χ3v) is 5.98.